The fourth-order valence-corrected chi connectivity index (χ4v) is 2.27. The number of nitrogens with zero attached hydrogens (tertiary/aromatic N) is 2. The van der Waals surface area contributed by atoms with E-state index in [4.69, 9.17) is 0 Å². The number of pyridine rings is 1. The van der Waals surface area contributed by atoms with Crippen LogP contribution in [-0.2, 0) is 0 Å². The monoisotopic (exact) mass is 264 g/mol. The SMILES string of the molecule is CCCC1CC1Nc1nc(NCC)ccc1[N+](=O)[O-]. The van der Waals surface area contributed by atoms with Crippen LogP contribution in [0.1, 0.15) is 33.1 Å². The molecule has 2 N–H and O–H groups in total. The summed E-state index contributed by atoms with van der Waals surface area (Å²) >= 11 is 0. The quantitative estimate of drug-likeness (QED) is 0.584. The van der Waals surface area contributed by atoms with Gasteiger partial charge in [0.2, 0.25) is 5.82 Å². The first-order valence-corrected chi connectivity index (χ1v) is 6.81. The molecule has 2 rings (SSSR count). The normalized spacial score (nSPS) is 20.9. The highest BCUT2D eigenvalue weighted by Gasteiger charge is 2.37. The summed E-state index contributed by atoms with van der Waals surface area (Å²) < 4.78 is 0. The molecular weight excluding hydrogens is 244 g/mol. The van der Waals surface area contributed by atoms with Gasteiger partial charge in [-0.3, -0.25) is 10.1 Å². The van der Waals surface area contributed by atoms with E-state index in [9.17, 15) is 10.1 Å². The molecule has 1 fully saturated rings. The molecule has 1 aliphatic rings. The molecule has 19 heavy (non-hydrogen) atoms. The molecule has 1 aliphatic carbocycles. The molecule has 0 bridgehead atoms. The van der Waals surface area contributed by atoms with Crippen LogP contribution in [0.2, 0.25) is 0 Å². The molecule has 104 valence electrons. The minimum Gasteiger partial charge on any atom is -0.370 e. The highest BCUT2D eigenvalue weighted by Crippen LogP contribution is 2.38. The molecule has 0 spiro atoms. The maximum Gasteiger partial charge on any atom is 0.311 e. The largest absolute Gasteiger partial charge is 0.370 e. The van der Waals surface area contributed by atoms with E-state index < -0.39 is 0 Å². The van der Waals surface area contributed by atoms with E-state index >= 15 is 0 Å². The smallest absolute Gasteiger partial charge is 0.311 e. The molecule has 0 aromatic carbocycles. The molecule has 1 aromatic heterocycles. The van der Waals surface area contributed by atoms with E-state index in [2.05, 4.69) is 22.5 Å². The van der Waals surface area contributed by atoms with E-state index in [1.807, 2.05) is 6.92 Å². The Hall–Kier alpha value is -1.85. The second-order valence-corrected chi connectivity index (χ2v) is 4.89. The Bertz CT molecular complexity index is 464. The number of rotatable bonds is 7. The number of nitro groups is 1. The van der Waals surface area contributed by atoms with Crippen LogP contribution in [0.15, 0.2) is 12.1 Å². The van der Waals surface area contributed by atoms with Gasteiger partial charge in [-0.15, -0.1) is 0 Å². The number of nitrogens with one attached hydrogen (secondary N) is 2. The Morgan fingerprint density at radius 1 is 1.47 bits per heavy atom. The second-order valence-electron chi connectivity index (χ2n) is 4.89. The molecule has 6 nitrogen and oxygen atoms in total. The Kier molecular flexibility index (Phi) is 4.19. The van der Waals surface area contributed by atoms with E-state index in [1.165, 1.54) is 12.5 Å². The third-order valence-electron chi connectivity index (χ3n) is 3.33. The average molecular weight is 264 g/mol. The third-order valence-corrected chi connectivity index (χ3v) is 3.33. The molecule has 2 unspecified atom stereocenters. The third kappa shape index (κ3) is 3.33. The fraction of sp³-hybridized carbons (Fsp3) is 0.615. The van der Waals surface area contributed by atoms with E-state index in [1.54, 1.807) is 6.07 Å². The number of hydrogen-bond acceptors (Lipinski definition) is 5. The summed E-state index contributed by atoms with van der Waals surface area (Å²) in [7, 11) is 0. The summed E-state index contributed by atoms with van der Waals surface area (Å²) in [4.78, 5) is 14.9. The molecule has 0 amide bonds. The zero-order valence-electron chi connectivity index (χ0n) is 11.3. The van der Waals surface area contributed by atoms with Gasteiger partial charge in [0, 0.05) is 18.7 Å². The minimum absolute atomic E-state index is 0.0452. The minimum atomic E-state index is -0.387. The van der Waals surface area contributed by atoms with E-state index in [0.29, 0.717) is 23.6 Å². The van der Waals surface area contributed by atoms with Crippen LogP contribution < -0.4 is 10.6 Å². The maximum absolute atomic E-state index is 11.0. The number of hydrogen-bond donors (Lipinski definition) is 2. The summed E-state index contributed by atoms with van der Waals surface area (Å²) in [6, 6.07) is 3.48. The van der Waals surface area contributed by atoms with Crippen LogP contribution in [0.25, 0.3) is 0 Å². The van der Waals surface area contributed by atoms with Gasteiger partial charge < -0.3 is 10.6 Å². The second kappa shape index (κ2) is 5.86. The Morgan fingerprint density at radius 2 is 2.26 bits per heavy atom. The molecule has 0 aliphatic heterocycles. The van der Waals surface area contributed by atoms with Gasteiger partial charge >= 0.3 is 5.69 Å². The lowest BCUT2D eigenvalue weighted by Crippen LogP contribution is -2.10. The Balaban J connectivity index is 2.12. The highest BCUT2D eigenvalue weighted by atomic mass is 16.6. The van der Waals surface area contributed by atoms with E-state index in [0.717, 1.165) is 19.4 Å². The van der Waals surface area contributed by atoms with Crippen molar-refractivity contribution in [2.24, 2.45) is 5.92 Å². The van der Waals surface area contributed by atoms with Crippen molar-refractivity contribution in [3.63, 3.8) is 0 Å². The molecule has 6 heteroatoms. The van der Waals surface area contributed by atoms with Gasteiger partial charge in [0.25, 0.3) is 0 Å². The van der Waals surface area contributed by atoms with Gasteiger partial charge in [0.1, 0.15) is 5.82 Å². The van der Waals surface area contributed by atoms with Crippen LogP contribution in [0.4, 0.5) is 17.3 Å². The summed E-state index contributed by atoms with van der Waals surface area (Å²) in [5.74, 6) is 1.68. The lowest BCUT2D eigenvalue weighted by molar-refractivity contribution is -0.384. The van der Waals surface area contributed by atoms with Crippen molar-refractivity contribution in [2.75, 3.05) is 17.2 Å². The van der Waals surface area contributed by atoms with Crippen molar-refractivity contribution in [2.45, 2.75) is 39.2 Å². The molecule has 1 heterocycles. The van der Waals surface area contributed by atoms with Gasteiger partial charge in [-0.2, -0.15) is 0 Å². The van der Waals surface area contributed by atoms with Crippen molar-refractivity contribution < 1.29 is 4.92 Å². The van der Waals surface area contributed by atoms with Crippen molar-refractivity contribution in [3.05, 3.63) is 22.2 Å². The van der Waals surface area contributed by atoms with Gasteiger partial charge in [-0.25, -0.2) is 4.98 Å². The first kappa shape index (κ1) is 13.6. The zero-order chi connectivity index (χ0) is 13.8. The van der Waals surface area contributed by atoms with Crippen molar-refractivity contribution in [1.29, 1.82) is 0 Å². The lowest BCUT2D eigenvalue weighted by Gasteiger charge is -2.08. The van der Waals surface area contributed by atoms with Crippen LogP contribution in [0.5, 0.6) is 0 Å². The summed E-state index contributed by atoms with van der Waals surface area (Å²) in [5.41, 5.74) is 0.0452. The van der Waals surface area contributed by atoms with Crippen molar-refractivity contribution in [1.82, 2.24) is 4.98 Å². The molecular formula is C13H20N4O2. The summed E-state index contributed by atoms with van der Waals surface area (Å²) in [6.45, 7) is 4.86. The van der Waals surface area contributed by atoms with E-state index in [-0.39, 0.29) is 10.6 Å². The standard InChI is InChI=1S/C13H20N4O2/c1-3-5-9-8-10(9)15-13-11(17(18)19)6-7-12(16-13)14-4-2/h6-7,9-10H,3-5,8H2,1-2H3,(H2,14,15,16). The van der Waals surface area contributed by atoms with Crippen molar-refractivity contribution >= 4 is 17.3 Å². The Labute approximate surface area is 112 Å². The molecule has 0 saturated heterocycles. The molecule has 1 saturated carbocycles. The van der Waals surface area contributed by atoms with Crippen molar-refractivity contribution in [3.8, 4) is 0 Å². The van der Waals surface area contributed by atoms with Gasteiger partial charge in [-0.05, 0) is 31.7 Å². The van der Waals surface area contributed by atoms with Crippen LogP contribution >= 0.6 is 0 Å². The summed E-state index contributed by atoms with van der Waals surface area (Å²) in [6.07, 6.45) is 3.40. The van der Waals surface area contributed by atoms with Crippen LogP contribution in [-0.4, -0.2) is 22.5 Å². The Morgan fingerprint density at radius 3 is 2.89 bits per heavy atom. The summed E-state index contributed by atoms with van der Waals surface area (Å²) in [5, 5.41) is 17.3. The molecule has 2 atom stereocenters. The first-order valence-electron chi connectivity index (χ1n) is 6.81. The molecule has 1 aromatic rings. The average Bonchev–Trinajstić information content (AvgIpc) is 3.08. The van der Waals surface area contributed by atoms with Gasteiger partial charge in [0.05, 0.1) is 4.92 Å². The topological polar surface area (TPSA) is 80.1 Å². The highest BCUT2D eigenvalue weighted by molar-refractivity contribution is 5.61. The fourth-order valence-electron chi connectivity index (χ4n) is 2.27. The maximum atomic E-state index is 11.0. The first-order chi connectivity index (χ1) is 9.15. The predicted octanol–water partition coefficient (Wildman–Crippen LogP) is 3.02. The van der Waals surface area contributed by atoms with Crippen LogP contribution in [0.3, 0.4) is 0 Å². The van der Waals surface area contributed by atoms with Gasteiger partial charge in [-0.1, -0.05) is 13.3 Å². The number of aromatic nitrogens is 1. The van der Waals surface area contributed by atoms with Gasteiger partial charge in [0.15, 0.2) is 0 Å². The number of anilines is 2. The molecule has 0 radical (unpaired) electrons. The van der Waals surface area contributed by atoms with Crippen LogP contribution in [0, 0.1) is 16.0 Å². The predicted molar refractivity (Wildman–Crippen MR) is 75.5 cm³/mol. The zero-order valence-corrected chi connectivity index (χ0v) is 11.3. The lowest BCUT2D eigenvalue weighted by atomic mass is 10.2.